The second-order valence-electron chi connectivity index (χ2n) is 9.79. The molecule has 0 spiro atoms. The van der Waals surface area contributed by atoms with E-state index in [0.717, 1.165) is 25.7 Å². The monoisotopic (exact) mass is 638 g/mol. The molecule has 2 unspecified atom stereocenters. The molecule has 2 atom stereocenters. The van der Waals surface area contributed by atoms with Gasteiger partial charge in [0.1, 0.15) is 0 Å². The highest BCUT2D eigenvalue weighted by Gasteiger charge is 2.43. The van der Waals surface area contributed by atoms with Gasteiger partial charge in [-0.25, -0.2) is 9.59 Å². The summed E-state index contributed by atoms with van der Waals surface area (Å²) in [5.41, 5.74) is -0.00454. The average molecular weight is 639 g/mol. The van der Waals surface area contributed by atoms with Crippen LogP contribution >= 0.6 is 21.6 Å². The van der Waals surface area contributed by atoms with Gasteiger partial charge in [-0.15, -0.1) is 0 Å². The van der Waals surface area contributed by atoms with Crippen LogP contribution in [0.2, 0.25) is 0 Å². The minimum atomic E-state index is -4.64. The molecule has 0 saturated carbocycles. The Morgan fingerprint density at radius 1 is 0.595 bits per heavy atom. The van der Waals surface area contributed by atoms with Crippen molar-refractivity contribution < 1.29 is 45.4 Å². The Labute approximate surface area is 250 Å². The average Bonchev–Trinajstić information content (AvgIpc) is 2.94. The molecule has 0 N–H and O–H groups in total. The van der Waals surface area contributed by atoms with Gasteiger partial charge in [-0.2, -0.15) is 26.3 Å². The minimum Gasteiger partial charge on any atom is -0.449 e. The van der Waals surface area contributed by atoms with Gasteiger partial charge >= 0.3 is 24.3 Å². The number of halogens is 6. The standard InChI is InChI=1S/C30H36F6O4S2/c1-3-5-7-9-11-25(29(31,32)33)39-27(37)21-13-17-23(18-14-21)41-42-24-19-15-22(16-20-24)28(38)40-26(30(34,35)36)12-10-8-6-4-2/h13-20,25-26H,3-12H2,1-2H3. The maximum atomic E-state index is 13.3. The van der Waals surface area contributed by atoms with Crippen molar-refractivity contribution in [1.82, 2.24) is 0 Å². The lowest BCUT2D eigenvalue weighted by Gasteiger charge is -2.20. The molecule has 0 fully saturated rings. The van der Waals surface area contributed by atoms with Crippen molar-refractivity contribution in [3.63, 3.8) is 0 Å². The third-order valence-electron chi connectivity index (χ3n) is 6.28. The first kappa shape index (κ1) is 35.9. The van der Waals surface area contributed by atoms with Crippen molar-refractivity contribution in [2.45, 2.75) is 112 Å². The Hall–Kier alpha value is -2.34. The molecule has 234 valence electrons. The summed E-state index contributed by atoms with van der Waals surface area (Å²) < 4.78 is 89.5. The number of carbonyl (C=O) groups is 2. The summed E-state index contributed by atoms with van der Waals surface area (Å²) in [6.07, 6.45) is -8.88. The molecule has 0 aromatic heterocycles. The number of benzene rings is 2. The quantitative estimate of drug-likeness (QED) is 0.0744. The van der Waals surface area contributed by atoms with Crippen molar-refractivity contribution in [3.8, 4) is 0 Å². The van der Waals surface area contributed by atoms with Gasteiger partial charge in [-0.05, 0) is 74.2 Å². The van der Waals surface area contributed by atoms with E-state index < -0.39 is 36.5 Å². The van der Waals surface area contributed by atoms with Crippen LogP contribution < -0.4 is 0 Å². The lowest BCUT2D eigenvalue weighted by atomic mass is 10.1. The zero-order valence-electron chi connectivity index (χ0n) is 23.6. The summed E-state index contributed by atoms with van der Waals surface area (Å²) in [7, 11) is 2.58. The second-order valence-corrected chi connectivity index (χ2v) is 12.1. The highest BCUT2D eigenvalue weighted by molar-refractivity contribution is 8.76. The Balaban J connectivity index is 1.90. The lowest BCUT2D eigenvalue weighted by Crippen LogP contribution is -2.33. The molecule has 42 heavy (non-hydrogen) atoms. The van der Waals surface area contributed by atoms with E-state index in [2.05, 4.69) is 0 Å². The first-order chi connectivity index (χ1) is 19.8. The van der Waals surface area contributed by atoms with Crippen LogP contribution in [0, 0.1) is 0 Å². The number of ether oxygens (including phenoxy) is 2. The Morgan fingerprint density at radius 3 is 1.21 bits per heavy atom. The maximum absolute atomic E-state index is 13.3. The molecule has 0 aliphatic carbocycles. The molecule has 0 aliphatic rings. The largest absolute Gasteiger partial charge is 0.449 e. The summed E-state index contributed by atoms with van der Waals surface area (Å²) in [4.78, 5) is 26.1. The molecule has 0 amide bonds. The number of hydrogen-bond donors (Lipinski definition) is 0. The van der Waals surface area contributed by atoms with E-state index in [-0.39, 0.29) is 24.0 Å². The Kier molecular flexibility index (Phi) is 15.1. The van der Waals surface area contributed by atoms with E-state index in [0.29, 0.717) is 35.5 Å². The van der Waals surface area contributed by atoms with Crippen molar-refractivity contribution in [3.05, 3.63) is 59.7 Å². The first-order valence-electron chi connectivity index (χ1n) is 13.9. The second kappa shape index (κ2) is 17.7. The van der Waals surface area contributed by atoms with Crippen LogP contribution in [0.25, 0.3) is 0 Å². The topological polar surface area (TPSA) is 52.6 Å². The minimum absolute atomic E-state index is 0.00227. The Bertz CT molecular complexity index is 1000. The van der Waals surface area contributed by atoms with Crippen LogP contribution in [0.15, 0.2) is 58.3 Å². The predicted molar refractivity (Wildman–Crippen MR) is 153 cm³/mol. The fourth-order valence-corrected chi connectivity index (χ4v) is 5.81. The van der Waals surface area contributed by atoms with Crippen LogP contribution in [-0.4, -0.2) is 36.5 Å². The summed E-state index contributed by atoms with van der Waals surface area (Å²) in [5.74, 6) is -2.10. The van der Waals surface area contributed by atoms with Crippen LogP contribution in [0.4, 0.5) is 26.3 Å². The normalized spacial score (nSPS) is 13.4. The van der Waals surface area contributed by atoms with E-state index in [1.54, 1.807) is 24.3 Å². The molecule has 2 aromatic rings. The molecule has 2 rings (SSSR count). The van der Waals surface area contributed by atoms with Crippen LogP contribution in [0.3, 0.4) is 0 Å². The van der Waals surface area contributed by atoms with Gasteiger partial charge in [-0.3, -0.25) is 0 Å². The first-order valence-corrected chi connectivity index (χ1v) is 16.1. The predicted octanol–water partition coefficient (Wildman–Crippen LogP) is 10.6. The van der Waals surface area contributed by atoms with Gasteiger partial charge in [0.25, 0.3) is 0 Å². The van der Waals surface area contributed by atoms with Gasteiger partial charge in [0.15, 0.2) is 12.2 Å². The van der Waals surface area contributed by atoms with E-state index in [1.165, 1.54) is 45.9 Å². The van der Waals surface area contributed by atoms with Gasteiger partial charge in [-0.1, -0.05) is 74.0 Å². The van der Waals surface area contributed by atoms with Gasteiger partial charge in [0, 0.05) is 9.79 Å². The molecule has 0 aliphatic heterocycles. The maximum Gasteiger partial charge on any atom is 0.425 e. The third-order valence-corrected chi connectivity index (χ3v) is 8.70. The third kappa shape index (κ3) is 12.9. The van der Waals surface area contributed by atoms with Gasteiger partial charge in [0.05, 0.1) is 11.1 Å². The fraction of sp³-hybridized carbons (Fsp3) is 0.533. The Morgan fingerprint density at radius 2 is 0.929 bits per heavy atom. The molecule has 0 saturated heterocycles. The van der Waals surface area contributed by atoms with E-state index in [4.69, 9.17) is 9.47 Å². The van der Waals surface area contributed by atoms with Gasteiger partial charge < -0.3 is 9.47 Å². The van der Waals surface area contributed by atoms with Crippen molar-refractivity contribution in [1.29, 1.82) is 0 Å². The van der Waals surface area contributed by atoms with Crippen molar-refractivity contribution >= 4 is 33.5 Å². The summed E-state index contributed by atoms with van der Waals surface area (Å²) in [6.45, 7) is 3.90. The van der Waals surface area contributed by atoms with E-state index >= 15 is 0 Å². The van der Waals surface area contributed by atoms with Gasteiger partial charge in [0.2, 0.25) is 0 Å². The fourth-order valence-electron chi connectivity index (χ4n) is 3.88. The van der Waals surface area contributed by atoms with E-state index in [9.17, 15) is 35.9 Å². The number of unbranched alkanes of at least 4 members (excludes halogenated alkanes) is 6. The molecule has 0 radical (unpaired) electrons. The highest BCUT2D eigenvalue weighted by atomic mass is 33.1. The number of hydrogen-bond acceptors (Lipinski definition) is 6. The molecule has 0 bridgehead atoms. The zero-order valence-corrected chi connectivity index (χ0v) is 25.2. The molecular weight excluding hydrogens is 602 g/mol. The number of esters is 2. The molecule has 4 nitrogen and oxygen atoms in total. The molecule has 0 heterocycles. The van der Waals surface area contributed by atoms with Crippen LogP contribution in [-0.2, 0) is 9.47 Å². The number of alkyl halides is 6. The molecule has 2 aromatic carbocycles. The number of carbonyl (C=O) groups excluding carboxylic acids is 2. The van der Waals surface area contributed by atoms with E-state index in [1.807, 2.05) is 13.8 Å². The number of rotatable bonds is 17. The zero-order chi connectivity index (χ0) is 31.2. The summed E-state index contributed by atoms with van der Waals surface area (Å²) in [6, 6.07) is 11.8. The summed E-state index contributed by atoms with van der Waals surface area (Å²) >= 11 is 0. The summed E-state index contributed by atoms with van der Waals surface area (Å²) in [5, 5.41) is 0. The van der Waals surface area contributed by atoms with Crippen LogP contribution in [0.5, 0.6) is 0 Å². The SMILES string of the molecule is CCCCCCC(OC(=O)c1ccc(SSc2ccc(C(=O)OC(CCCCCC)C(F)(F)F)cc2)cc1)C(F)(F)F. The highest BCUT2D eigenvalue weighted by Crippen LogP contribution is 2.38. The van der Waals surface area contributed by atoms with Crippen molar-refractivity contribution in [2.75, 3.05) is 0 Å². The molecular formula is C30H36F6O4S2. The molecule has 12 heteroatoms. The van der Waals surface area contributed by atoms with Crippen molar-refractivity contribution in [2.24, 2.45) is 0 Å². The lowest BCUT2D eigenvalue weighted by molar-refractivity contribution is -0.206. The smallest absolute Gasteiger partial charge is 0.425 e. The van der Waals surface area contributed by atoms with Crippen LogP contribution in [0.1, 0.15) is 98.8 Å².